The fourth-order valence-corrected chi connectivity index (χ4v) is 0.952. The van der Waals surface area contributed by atoms with Crippen molar-refractivity contribution >= 4 is 0 Å². The van der Waals surface area contributed by atoms with Crippen LogP contribution < -0.4 is 0 Å². The van der Waals surface area contributed by atoms with E-state index in [4.69, 9.17) is 4.74 Å². The number of ether oxygens (including phenoxy) is 1. The number of halogens is 1. The molecular formula is C6H11FO. The van der Waals surface area contributed by atoms with E-state index in [9.17, 15) is 4.39 Å². The van der Waals surface area contributed by atoms with E-state index < -0.39 is 0 Å². The maximum atomic E-state index is 11.8. The number of alkyl halides is 1. The zero-order chi connectivity index (χ0) is 5.98. The van der Waals surface area contributed by atoms with Crippen LogP contribution in [0.3, 0.4) is 0 Å². The lowest BCUT2D eigenvalue weighted by Gasteiger charge is -2.07. The van der Waals surface area contributed by atoms with Crippen LogP contribution >= 0.6 is 0 Å². The number of rotatable bonds is 1. The van der Waals surface area contributed by atoms with Crippen LogP contribution in [0.4, 0.5) is 4.39 Å². The molecule has 0 aromatic rings. The van der Waals surface area contributed by atoms with Gasteiger partial charge in [0.1, 0.15) is 6.67 Å². The van der Waals surface area contributed by atoms with Crippen molar-refractivity contribution in [2.75, 3.05) is 13.3 Å². The summed E-state index contributed by atoms with van der Waals surface area (Å²) in [7, 11) is 0. The van der Waals surface area contributed by atoms with E-state index in [1.165, 1.54) is 0 Å². The average molecular weight is 118 g/mol. The van der Waals surface area contributed by atoms with Crippen LogP contribution in [0.1, 0.15) is 13.3 Å². The Labute approximate surface area is 48.8 Å². The second-order valence-corrected chi connectivity index (χ2v) is 2.33. The van der Waals surface area contributed by atoms with Gasteiger partial charge >= 0.3 is 0 Å². The van der Waals surface area contributed by atoms with E-state index in [0.717, 1.165) is 13.0 Å². The predicted octanol–water partition coefficient (Wildman–Crippen LogP) is 1.38. The largest absolute Gasteiger partial charge is 0.375 e. The van der Waals surface area contributed by atoms with Gasteiger partial charge in [0, 0.05) is 6.61 Å². The lowest BCUT2D eigenvalue weighted by Crippen LogP contribution is -2.14. The lowest BCUT2D eigenvalue weighted by atomic mass is 10.1. The third kappa shape index (κ3) is 0.996. The van der Waals surface area contributed by atoms with Crippen LogP contribution in [-0.4, -0.2) is 19.4 Å². The van der Waals surface area contributed by atoms with E-state index >= 15 is 0 Å². The molecule has 0 aromatic heterocycles. The van der Waals surface area contributed by atoms with E-state index in [1.807, 2.05) is 6.92 Å². The maximum Gasteiger partial charge on any atom is 0.116 e. The van der Waals surface area contributed by atoms with Crippen LogP contribution in [0, 0.1) is 5.92 Å². The molecule has 1 nitrogen and oxygen atoms in total. The van der Waals surface area contributed by atoms with Crippen molar-refractivity contribution in [1.29, 1.82) is 0 Å². The van der Waals surface area contributed by atoms with Gasteiger partial charge in [0.25, 0.3) is 0 Å². The molecule has 2 unspecified atom stereocenters. The Morgan fingerprint density at radius 1 is 1.75 bits per heavy atom. The number of hydrogen-bond acceptors (Lipinski definition) is 1. The highest BCUT2D eigenvalue weighted by Crippen LogP contribution is 2.19. The van der Waals surface area contributed by atoms with Crippen LogP contribution in [0.2, 0.25) is 0 Å². The minimum Gasteiger partial charge on any atom is -0.375 e. The zero-order valence-electron chi connectivity index (χ0n) is 5.06. The standard InChI is InChI=1S/C6H11FO/c1-5-2-3-8-6(5)4-7/h5-6H,2-4H2,1H3. The molecule has 8 heavy (non-hydrogen) atoms. The first-order valence-electron chi connectivity index (χ1n) is 3.02. The molecule has 0 amide bonds. The van der Waals surface area contributed by atoms with Gasteiger partial charge in [-0.1, -0.05) is 6.92 Å². The van der Waals surface area contributed by atoms with Crippen molar-refractivity contribution in [2.45, 2.75) is 19.4 Å². The van der Waals surface area contributed by atoms with Gasteiger partial charge in [0.05, 0.1) is 6.10 Å². The molecule has 1 fully saturated rings. The Morgan fingerprint density at radius 3 is 2.75 bits per heavy atom. The van der Waals surface area contributed by atoms with Gasteiger partial charge < -0.3 is 4.74 Å². The smallest absolute Gasteiger partial charge is 0.116 e. The molecule has 0 N–H and O–H groups in total. The Kier molecular flexibility index (Phi) is 1.84. The van der Waals surface area contributed by atoms with E-state index in [1.54, 1.807) is 0 Å². The Hall–Kier alpha value is -0.110. The van der Waals surface area contributed by atoms with Crippen molar-refractivity contribution in [2.24, 2.45) is 5.92 Å². The SMILES string of the molecule is CC1CCOC1CF. The van der Waals surface area contributed by atoms with Crippen LogP contribution in [0.15, 0.2) is 0 Å². The second kappa shape index (κ2) is 2.44. The zero-order valence-corrected chi connectivity index (χ0v) is 5.06. The fourth-order valence-electron chi connectivity index (χ4n) is 0.952. The van der Waals surface area contributed by atoms with Crippen LogP contribution in [-0.2, 0) is 4.74 Å². The second-order valence-electron chi connectivity index (χ2n) is 2.33. The topological polar surface area (TPSA) is 9.23 Å². The average Bonchev–Trinajstić information content (AvgIpc) is 2.14. The molecule has 2 atom stereocenters. The molecule has 48 valence electrons. The molecule has 1 rings (SSSR count). The molecule has 0 spiro atoms. The minimum absolute atomic E-state index is 0.102. The Morgan fingerprint density at radius 2 is 2.50 bits per heavy atom. The first-order valence-corrected chi connectivity index (χ1v) is 3.02. The molecule has 1 aliphatic rings. The quantitative estimate of drug-likeness (QED) is 0.505. The van der Waals surface area contributed by atoms with Crippen molar-refractivity contribution in [3.8, 4) is 0 Å². The van der Waals surface area contributed by atoms with Crippen LogP contribution in [0.25, 0.3) is 0 Å². The lowest BCUT2D eigenvalue weighted by molar-refractivity contribution is 0.0721. The molecular weight excluding hydrogens is 107 g/mol. The first kappa shape index (κ1) is 6.02. The van der Waals surface area contributed by atoms with E-state index in [2.05, 4.69) is 0 Å². The molecule has 2 heteroatoms. The molecule has 1 heterocycles. The highest BCUT2D eigenvalue weighted by molar-refractivity contribution is 4.70. The van der Waals surface area contributed by atoms with E-state index in [0.29, 0.717) is 5.92 Å². The third-order valence-electron chi connectivity index (χ3n) is 1.69. The van der Waals surface area contributed by atoms with Gasteiger partial charge in [-0.3, -0.25) is 0 Å². The van der Waals surface area contributed by atoms with Crippen molar-refractivity contribution in [3.63, 3.8) is 0 Å². The molecule has 0 bridgehead atoms. The van der Waals surface area contributed by atoms with Gasteiger partial charge in [-0.05, 0) is 12.3 Å². The first-order chi connectivity index (χ1) is 3.84. The Bertz CT molecular complexity index is 74.9. The highest BCUT2D eigenvalue weighted by atomic mass is 19.1. The summed E-state index contributed by atoms with van der Waals surface area (Å²) >= 11 is 0. The van der Waals surface area contributed by atoms with Crippen molar-refractivity contribution in [1.82, 2.24) is 0 Å². The molecule has 0 radical (unpaired) electrons. The summed E-state index contributed by atoms with van der Waals surface area (Å²) in [6.07, 6.45) is 0.921. The van der Waals surface area contributed by atoms with Gasteiger partial charge in [-0.25, -0.2) is 4.39 Å². The minimum atomic E-state index is -0.318. The summed E-state index contributed by atoms with van der Waals surface area (Å²) in [5.41, 5.74) is 0. The number of hydrogen-bond donors (Lipinski definition) is 0. The van der Waals surface area contributed by atoms with Crippen molar-refractivity contribution < 1.29 is 9.13 Å². The maximum absolute atomic E-state index is 11.8. The summed E-state index contributed by atoms with van der Waals surface area (Å²) < 4.78 is 16.9. The molecule has 0 saturated carbocycles. The van der Waals surface area contributed by atoms with Gasteiger partial charge in [-0.2, -0.15) is 0 Å². The Balaban J connectivity index is 2.30. The highest BCUT2D eigenvalue weighted by Gasteiger charge is 2.23. The monoisotopic (exact) mass is 118 g/mol. The van der Waals surface area contributed by atoms with E-state index in [-0.39, 0.29) is 12.8 Å². The predicted molar refractivity (Wildman–Crippen MR) is 29.5 cm³/mol. The molecule has 1 saturated heterocycles. The summed E-state index contributed by atoms with van der Waals surface area (Å²) in [5.74, 6) is 0.431. The van der Waals surface area contributed by atoms with Crippen molar-refractivity contribution in [3.05, 3.63) is 0 Å². The molecule has 1 aliphatic heterocycles. The van der Waals surface area contributed by atoms with Crippen LogP contribution in [0.5, 0.6) is 0 Å². The summed E-state index contributed by atoms with van der Waals surface area (Å²) in [6, 6.07) is 0. The molecule has 0 aliphatic carbocycles. The fraction of sp³-hybridized carbons (Fsp3) is 1.00. The van der Waals surface area contributed by atoms with Gasteiger partial charge in [-0.15, -0.1) is 0 Å². The third-order valence-corrected chi connectivity index (χ3v) is 1.69. The molecule has 0 aromatic carbocycles. The van der Waals surface area contributed by atoms with Gasteiger partial charge in [0.2, 0.25) is 0 Å². The normalized spacial score (nSPS) is 38.2. The summed E-state index contributed by atoms with van der Waals surface area (Å²) in [5, 5.41) is 0. The van der Waals surface area contributed by atoms with Gasteiger partial charge in [0.15, 0.2) is 0 Å². The summed E-state index contributed by atoms with van der Waals surface area (Å²) in [6.45, 7) is 2.45. The summed E-state index contributed by atoms with van der Waals surface area (Å²) in [4.78, 5) is 0.